The van der Waals surface area contributed by atoms with E-state index < -0.39 is 6.36 Å². The van der Waals surface area contributed by atoms with Crippen molar-refractivity contribution in [2.45, 2.75) is 19.7 Å². The van der Waals surface area contributed by atoms with Crippen molar-refractivity contribution >= 4 is 27.8 Å². The van der Waals surface area contributed by atoms with Crippen LogP contribution in [-0.2, 0) is 6.42 Å². The van der Waals surface area contributed by atoms with Gasteiger partial charge in [0.25, 0.3) is 0 Å². The molecule has 0 atom stereocenters. The fraction of sp³-hybridized carbons (Fsp3) is 0.150. The average molecular weight is 391 g/mol. The minimum absolute atomic E-state index is 0.261. The third-order valence-electron chi connectivity index (χ3n) is 3.76. The number of rotatable bonds is 6. The van der Waals surface area contributed by atoms with Crippen LogP contribution in [0, 0.1) is 0 Å². The van der Waals surface area contributed by atoms with Crippen LogP contribution in [0.2, 0.25) is 0 Å². The van der Waals surface area contributed by atoms with E-state index in [4.69, 9.17) is 0 Å². The molecule has 0 unspecified atom stereocenters. The van der Waals surface area contributed by atoms with Crippen LogP contribution < -0.4 is 10.1 Å². The first-order valence-corrected chi connectivity index (χ1v) is 9.02. The van der Waals surface area contributed by atoms with Crippen molar-refractivity contribution in [1.82, 2.24) is 0 Å². The second-order valence-corrected chi connectivity index (χ2v) is 6.84. The summed E-state index contributed by atoms with van der Waals surface area (Å²) in [6.45, 7) is 2.00. The van der Waals surface area contributed by atoms with Gasteiger partial charge in [-0.2, -0.15) is 0 Å². The molecule has 7 heteroatoms. The third-order valence-corrected chi connectivity index (χ3v) is 4.95. The number of thiophene rings is 1. The van der Waals surface area contributed by atoms with E-state index in [0.29, 0.717) is 16.1 Å². The SMILES string of the molecule is CCc1cc(C(=O)c2ccc(OC(F)(F)F)cc2)c(Nc2ccccc2)s1. The summed E-state index contributed by atoms with van der Waals surface area (Å²) < 4.78 is 40.7. The Bertz CT molecular complexity index is 919. The minimum atomic E-state index is -4.76. The van der Waals surface area contributed by atoms with Gasteiger partial charge in [-0.15, -0.1) is 24.5 Å². The van der Waals surface area contributed by atoms with Crippen LogP contribution >= 0.6 is 11.3 Å². The lowest BCUT2D eigenvalue weighted by Gasteiger charge is -2.09. The van der Waals surface area contributed by atoms with E-state index in [0.717, 1.165) is 29.1 Å². The first-order valence-electron chi connectivity index (χ1n) is 8.21. The van der Waals surface area contributed by atoms with Crippen LogP contribution in [-0.4, -0.2) is 12.1 Å². The molecule has 0 spiro atoms. The zero-order valence-electron chi connectivity index (χ0n) is 14.3. The molecule has 0 fully saturated rings. The first kappa shape index (κ1) is 19.0. The van der Waals surface area contributed by atoms with Gasteiger partial charge in [-0.1, -0.05) is 25.1 Å². The first-order chi connectivity index (χ1) is 12.9. The molecule has 3 rings (SSSR count). The van der Waals surface area contributed by atoms with E-state index in [-0.39, 0.29) is 11.5 Å². The number of alkyl halides is 3. The molecule has 1 aromatic heterocycles. The Morgan fingerprint density at radius 2 is 1.74 bits per heavy atom. The molecule has 0 aliphatic heterocycles. The largest absolute Gasteiger partial charge is 0.573 e. The van der Waals surface area contributed by atoms with Crippen molar-refractivity contribution in [3.63, 3.8) is 0 Å². The van der Waals surface area contributed by atoms with E-state index in [9.17, 15) is 18.0 Å². The number of anilines is 2. The van der Waals surface area contributed by atoms with Gasteiger partial charge in [0.2, 0.25) is 0 Å². The molecule has 3 nitrogen and oxygen atoms in total. The van der Waals surface area contributed by atoms with Gasteiger partial charge in [-0.3, -0.25) is 4.79 Å². The molecule has 0 saturated heterocycles. The maximum atomic E-state index is 12.9. The molecule has 0 bridgehead atoms. The number of nitrogens with one attached hydrogen (secondary N) is 1. The Kier molecular flexibility index (Phi) is 5.51. The van der Waals surface area contributed by atoms with Gasteiger partial charge in [0.05, 0.1) is 5.56 Å². The minimum Gasteiger partial charge on any atom is -0.406 e. The summed E-state index contributed by atoms with van der Waals surface area (Å²) in [5, 5.41) is 3.95. The number of hydrogen-bond acceptors (Lipinski definition) is 4. The summed E-state index contributed by atoms with van der Waals surface area (Å²) in [4.78, 5) is 13.9. The van der Waals surface area contributed by atoms with Crippen molar-refractivity contribution in [3.8, 4) is 5.75 Å². The Morgan fingerprint density at radius 3 is 2.33 bits per heavy atom. The number of halogens is 3. The Balaban J connectivity index is 1.86. The maximum absolute atomic E-state index is 12.9. The molecular weight excluding hydrogens is 375 g/mol. The van der Waals surface area contributed by atoms with Crippen molar-refractivity contribution in [2.75, 3.05) is 5.32 Å². The van der Waals surface area contributed by atoms with Crippen LogP contribution in [0.25, 0.3) is 0 Å². The molecule has 0 aliphatic carbocycles. The summed E-state index contributed by atoms with van der Waals surface area (Å²) in [5.41, 5.74) is 1.64. The van der Waals surface area contributed by atoms with Gasteiger partial charge >= 0.3 is 6.36 Å². The molecule has 2 aromatic carbocycles. The van der Waals surface area contributed by atoms with Crippen LogP contribution in [0.3, 0.4) is 0 Å². The zero-order chi connectivity index (χ0) is 19.4. The fourth-order valence-corrected chi connectivity index (χ4v) is 3.51. The number of ketones is 1. The highest BCUT2D eigenvalue weighted by Crippen LogP contribution is 2.33. The number of para-hydroxylation sites is 1. The maximum Gasteiger partial charge on any atom is 0.573 e. The van der Waals surface area contributed by atoms with Gasteiger partial charge < -0.3 is 10.1 Å². The van der Waals surface area contributed by atoms with Crippen molar-refractivity contribution < 1.29 is 22.7 Å². The molecule has 1 heterocycles. The van der Waals surface area contributed by atoms with Gasteiger partial charge in [0.1, 0.15) is 10.8 Å². The highest BCUT2D eigenvalue weighted by atomic mass is 32.1. The Morgan fingerprint density at radius 1 is 1.07 bits per heavy atom. The van der Waals surface area contributed by atoms with Crippen LogP contribution in [0.4, 0.5) is 23.9 Å². The van der Waals surface area contributed by atoms with Gasteiger partial charge in [0, 0.05) is 16.1 Å². The molecule has 140 valence electrons. The molecule has 0 saturated carbocycles. The standard InChI is InChI=1S/C20H16F3NO2S/c1-2-16-12-17(19(27-16)24-14-6-4-3-5-7-14)18(25)13-8-10-15(11-9-13)26-20(21,22)23/h3-12,24H,2H2,1H3. The van der Waals surface area contributed by atoms with Crippen molar-refractivity contribution in [2.24, 2.45) is 0 Å². The zero-order valence-corrected chi connectivity index (χ0v) is 15.2. The number of hydrogen-bond donors (Lipinski definition) is 1. The molecule has 0 aliphatic rings. The predicted molar refractivity (Wildman–Crippen MR) is 100.0 cm³/mol. The van der Waals surface area contributed by atoms with E-state index in [1.807, 2.05) is 43.3 Å². The van der Waals surface area contributed by atoms with Gasteiger partial charge in [-0.05, 0) is 48.9 Å². The van der Waals surface area contributed by atoms with Crippen molar-refractivity contribution in [1.29, 1.82) is 0 Å². The quantitative estimate of drug-likeness (QED) is 0.510. The molecule has 1 N–H and O–H groups in total. The second-order valence-electron chi connectivity index (χ2n) is 5.70. The topological polar surface area (TPSA) is 38.3 Å². The van der Waals surface area contributed by atoms with Crippen LogP contribution in [0.5, 0.6) is 5.75 Å². The predicted octanol–water partition coefficient (Wildman–Crippen LogP) is 6.18. The Hall–Kier alpha value is -2.80. The summed E-state index contributed by atoms with van der Waals surface area (Å²) in [7, 11) is 0. The fourth-order valence-electron chi connectivity index (χ4n) is 2.49. The lowest BCUT2D eigenvalue weighted by Crippen LogP contribution is -2.17. The average Bonchev–Trinajstić information content (AvgIpc) is 3.04. The van der Waals surface area contributed by atoms with Crippen LogP contribution in [0.1, 0.15) is 27.7 Å². The normalized spacial score (nSPS) is 11.3. The van der Waals surface area contributed by atoms with E-state index in [1.165, 1.54) is 23.5 Å². The second kappa shape index (κ2) is 7.84. The van der Waals surface area contributed by atoms with E-state index >= 15 is 0 Å². The smallest absolute Gasteiger partial charge is 0.406 e. The van der Waals surface area contributed by atoms with Gasteiger partial charge in [0.15, 0.2) is 5.78 Å². The molecular formula is C20H16F3NO2S. The lowest BCUT2D eigenvalue weighted by molar-refractivity contribution is -0.274. The van der Waals surface area contributed by atoms with Crippen LogP contribution in [0.15, 0.2) is 60.7 Å². The summed E-state index contributed by atoms with van der Waals surface area (Å²) >= 11 is 1.48. The highest BCUT2D eigenvalue weighted by Gasteiger charge is 2.31. The van der Waals surface area contributed by atoms with Gasteiger partial charge in [-0.25, -0.2) is 0 Å². The van der Waals surface area contributed by atoms with E-state index in [1.54, 1.807) is 0 Å². The molecule has 27 heavy (non-hydrogen) atoms. The monoisotopic (exact) mass is 391 g/mol. The summed E-state index contributed by atoms with van der Waals surface area (Å²) in [6, 6.07) is 16.2. The molecule has 0 radical (unpaired) electrons. The number of aryl methyl sites for hydroxylation is 1. The number of benzene rings is 2. The summed E-state index contributed by atoms with van der Waals surface area (Å²) in [5.74, 6) is -0.621. The number of carbonyl (C=O) groups excluding carboxylic acids is 1. The summed E-state index contributed by atoms with van der Waals surface area (Å²) in [6.07, 6.45) is -3.98. The number of carbonyl (C=O) groups is 1. The van der Waals surface area contributed by atoms with Crippen molar-refractivity contribution in [3.05, 3.63) is 76.7 Å². The molecule has 3 aromatic rings. The Labute approximate surface area is 158 Å². The third kappa shape index (κ3) is 4.89. The molecule has 0 amide bonds. The highest BCUT2D eigenvalue weighted by molar-refractivity contribution is 7.16. The lowest BCUT2D eigenvalue weighted by atomic mass is 10.0. The van der Waals surface area contributed by atoms with E-state index in [2.05, 4.69) is 10.1 Å². The number of ether oxygens (including phenoxy) is 1.